The second kappa shape index (κ2) is 8.02. The van der Waals surface area contributed by atoms with Crippen molar-refractivity contribution in [1.29, 1.82) is 0 Å². The first-order valence-corrected chi connectivity index (χ1v) is 9.80. The SMILES string of the molecule is O=C(NO)c1ccc2c(c1)CC[C@]1(CCN(Cc3ccccc3OC(F)F)C1=O)C2. The van der Waals surface area contributed by atoms with Gasteiger partial charge >= 0.3 is 6.61 Å². The Morgan fingerprint density at radius 1 is 1.20 bits per heavy atom. The van der Waals surface area contributed by atoms with E-state index in [1.54, 1.807) is 40.7 Å². The number of carbonyl (C=O) groups is 2. The quantitative estimate of drug-likeness (QED) is 0.579. The molecular formula is C22H22F2N2O4. The third kappa shape index (κ3) is 3.75. The number of likely N-dealkylation sites (tertiary alicyclic amines) is 1. The van der Waals surface area contributed by atoms with Crippen molar-refractivity contribution in [2.45, 2.75) is 38.8 Å². The van der Waals surface area contributed by atoms with E-state index in [1.165, 1.54) is 6.07 Å². The van der Waals surface area contributed by atoms with E-state index in [2.05, 4.69) is 4.74 Å². The summed E-state index contributed by atoms with van der Waals surface area (Å²) in [5, 5.41) is 8.81. The van der Waals surface area contributed by atoms with Gasteiger partial charge in [-0.05, 0) is 55.0 Å². The van der Waals surface area contributed by atoms with Gasteiger partial charge in [0, 0.05) is 24.2 Å². The predicted octanol–water partition coefficient (Wildman–Crippen LogP) is 3.31. The molecule has 2 aliphatic rings. The van der Waals surface area contributed by atoms with Crippen LogP contribution in [0.25, 0.3) is 0 Å². The van der Waals surface area contributed by atoms with Crippen LogP contribution in [0.3, 0.4) is 0 Å². The van der Waals surface area contributed by atoms with Crippen molar-refractivity contribution in [2.24, 2.45) is 5.41 Å². The van der Waals surface area contributed by atoms with Gasteiger partial charge in [-0.25, -0.2) is 5.48 Å². The highest BCUT2D eigenvalue weighted by Gasteiger charge is 2.48. The monoisotopic (exact) mass is 416 g/mol. The van der Waals surface area contributed by atoms with E-state index in [0.29, 0.717) is 43.4 Å². The molecule has 1 atom stereocenters. The molecule has 30 heavy (non-hydrogen) atoms. The fourth-order valence-electron chi connectivity index (χ4n) is 4.55. The van der Waals surface area contributed by atoms with Crippen LogP contribution in [0.1, 0.15) is 39.9 Å². The van der Waals surface area contributed by atoms with Crippen LogP contribution in [0.4, 0.5) is 8.78 Å². The minimum Gasteiger partial charge on any atom is -0.434 e. The lowest BCUT2D eigenvalue weighted by molar-refractivity contribution is -0.137. The van der Waals surface area contributed by atoms with Crippen molar-refractivity contribution in [3.05, 3.63) is 64.7 Å². The van der Waals surface area contributed by atoms with E-state index in [1.807, 2.05) is 6.07 Å². The molecule has 1 spiro atoms. The molecule has 4 rings (SSSR count). The Bertz CT molecular complexity index is 981. The minimum atomic E-state index is -2.92. The number of hydrogen-bond donors (Lipinski definition) is 2. The van der Waals surface area contributed by atoms with Gasteiger partial charge in [0.15, 0.2) is 0 Å². The van der Waals surface area contributed by atoms with Crippen molar-refractivity contribution in [3.63, 3.8) is 0 Å². The number of nitrogens with zero attached hydrogens (tertiary/aromatic N) is 1. The largest absolute Gasteiger partial charge is 0.434 e. The summed E-state index contributed by atoms with van der Waals surface area (Å²) in [6.07, 6.45) is 2.59. The minimum absolute atomic E-state index is 0.0252. The van der Waals surface area contributed by atoms with Gasteiger partial charge in [0.25, 0.3) is 5.91 Å². The standard InChI is InChI=1S/C22H22F2N2O4/c23-21(24)30-18-4-2-1-3-17(18)13-26-10-9-22(20(26)28)8-7-14-11-15(19(27)25-29)5-6-16(14)12-22/h1-6,11,21,29H,7-10,12-13H2,(H,25,27)/t22-/m0/s1. The second-order valence-electron chi connectivity index (χ2n) is 7.84. The van der Waals surface area contributed by atoms with E-state index < -0.39 is 17.9 Å². The number of para-hydroxylation sites is 1. The lowest BCUT2D eigenvalue weighted by atomic mass is 9.70. The number of benzene rings is 2. The Labute approximate surface area is 172 Å². The van der Waals surface area contributed by atoms with Crippen LogP contribution < -0.4 is 10.2 Å². The van der Waals surface area contributed by atoms with Gasteiger partial charge in [-0.1, -0.05) is 24.3 Å². The number of rotatable bonds is 5. The molecule has 0 saturated carbocycles. The Morgan fingerprint density at radius 3 is 2.77 bits per heavy atom. The highest BCUT2D eigenvalue weighted by Crippen LogP contribution is 2.44. The maximum atomic E-state index is 13.3. The highest BCUT2D eigenvalue weighted by atomic mass is 19.3. The molecular weight excluding hydrogens is 394 g/mol. The summed E-state index contributed by atoms with van der Waals surface area (Å²) < 4.78 is 29.9. The van der Waals surface area contributed by atoms with Crippen LogP contribution in [0.2, 0.25) is 0 Å². The zero-order valence-electron chi connectivity index (χ0n) is 16.2. The summed E-state index contributed by atoms with van der Waals surface area (Å²) in [6, 6.07) is 11.8. The fourth-order valence-corrected chi connectivity index (χ4v) is 4.55. The van der Waals surface area contributed by atoms with Gasteiger partial charge in [0.1, 0.15) is 5.75 Å². The molecule has 0 aromatic heterocycles. The third-order valence-corrected chi connectivity index (χ3v) is 6.12. The van der Waals surface area contributed by atoms with Crippen LogP contribution in [0.5, 0.6) is 5.75 Å². The number of amides is 2. The van der Waals surface area contributed by atoms with E-state index in [4.69, 9.17) is 5.21 Å². The van der Waals surface area contributed by atoms with E-state index in [9.17, 15) is 18.4 Å². The van der Waals surface area contributed by atoms with Gasteiger partial charge in [-0.3, -0.25) is 14.8 Å². The van der Waals surface area contributed by atoms with E-state index in [-0.39, 0.29) is 18.2 Å². The normalized spacial score (nSPS) is 20.5. The third-order valence-electron chi connectivity index (χ3n) is 6.12. The van der Waals surface area contributed by atoms with Crippen LogP contribution in [0, 0.1) is 5.41 Å². The smallest absolute Gasteiger partial charge is 0.387 e. The summed E-state index contributed by atoms with van der Waals surface area (Å²) in [5.74, 6) is -0.451. The first-order chi connectivity index (χ1) is 14.4. The average molecular weight is 416 g/mol. The van der Waals surface area contributed by atoms with Crippen molar-refractivity contribution in [1.82, 2.24) is 10.4 Å². The van der Waals surface area contributed by atoms with Crippen molar-refractivity contribution in [2.75, 3.05) is 6.54 Å². The van der Waals surface area contributed by atoms with Gasteiger partial charge in [0.2, 0.25) is 5.91 Å². The summed E-state index contributed by atoms with van der Waals surface area (Å²) in [6.45, 7) is -2.13. The topological polar surface area (TPSA) is 78.9 Å². The van der Waals surface area contributed by atoms with Crippen LogP contribution in [-0.4, -0.2) is 35.1 Å². The van der Waals surface area contributed by atoms with E-state index in [0.717, 1.165) is 11.1 Å². The number of aryl methyl sites for hydroxylation is 1. The van der Waals surface area contributed by atoms with Crippen LogP contribution in [0.15, 0.2) is 42.5 Å². The molecule has 1 aliphatic carbocycles. The Balaban J connectivity index is 1.51. The molecule has 6 nitrogen and oxygen atoms in total. The molecule has 0 radical (unpaired) electrons. The molecule has 0 unspecified atom stereocenters. The van der Waals surface area contributed by atoms with Crippen molar-refractivity contribution in [3.8, 4) is 5.75 Å². The summed E-state index contributed by atoms with van der Waals surface area (Å²) >= 11 is 0. The average Bonchev–Trinajstić information content (AvgIpc) is 3.03. The lowest BCUT2D eigenvalue weighted by Gasteiger charge is -2.33. The number of fused-ring (bicyclic) bond motifs is 1. The van der Waals surface area contributed by atoms with Crippen molar-refractivity contribution < 1.29 is 28.3 Å². The molecule has 2 aromatic rings. The van der Waals surface area contributed by atoms with Crippen molar-refractivity contribution >= 4 is 11.8 Å². The summed E-state index contributed by atoms with van der Waals surface area (Å²) in [4.78, 5) is 26.6. The van der Waals surface area contributed by atoms with Crippen LogP contribution >= 0.6 is 0 Å². The Morgan fingerprint density at radius 2 is 2.00 bits per heavy atom. The molecule has 8 heteroatoms. The number of hydrogen-bond acceptors (Lipinski definition) is 4. The predicted molar refractivity (Wildman–Crippen MR) is 103 cm³/mol. The first kappa shape index (κ1) is 20.3. The molecule has 2 N–H and O–H groups in total. The van der Waals surface area contributed by atoms with E-state index >= 15 is 0 Å². The fraction of sp³-hybridized carbons (Fsp3) is 0.364. The maximum absolute atomic E-state index is 13.3. The lowest BCUT2D eigenvalue weighted by Crippen LogP contribution is -2.38. The Kier molecular flexibility index (Phi) is 5.42. The Hall–Kier alpha value is -3.00. The maximum Gasteiger partial charge on any atom is 0.387 e. The molecule has 1 saturated heterocycles. The van der Waals surface area contributed by atoms with Gasteiger partial charge in [-0.15, -0.1) is 0 Å². The number of halogens is 2. The van der Waals surface area contributed by atoms with Gasteiger partial charge in [0.05, 0.1) is 5.41 Å². The number of alkyl halides is 2. The zero-order valence-corrected chi connectivity index (χ0v) is 16.2. The number of ether oxygens (including phenoxy) is 1. The number of nitrogens with one attached hydrogen (secondary N) is 1. The molecule has 1 fully saturated rings. The number of hydroxylamine groups is 1. The molecule has 0 bridgehead atoms. The van der Waals surface area contributed by atoms with Crippen LogP contribution in [-0.2, 0) is 24.2 Å². The molecule has 158 valence electrons. The molecule has 1 heterocycles. The highest BCUT2D eigenvalue weighted by molar-refractivity contribution is 5.93. The molecule has 2 amide bonds. The molecule has 1 aliphatic heterocycles. The summed E-state index contributed by atoms with van der Waals surface area (Å²) in [7, 11) is 0. The molecule has 2 aromatic carbocycles. The zero-order chi connectivity index (χ0) is 21.3. The second-order valence-corrected chi connectivity index (χ2v) is 7.84. The van der Waals surface area contributed by atoms with Gasteiger partial charge in [-0.2, -0.15) is 8.78 Å². The number of carbonyl (C=O) groups excluding carboxylic acids is 2. The summed E-state index contributed by atoms with van der Waals surface area (Å²) in [5.41, 5.74) is 4.08. The van der Waals surface area contributed by atoms with Gasteiger partial charge < -0.3 is 9.64 Å². The first-order valence-electron chi connectivity index (χ1n) is 9.80.